The lowest BCUT2D eigenvalue weighted by atomic mass is 9.89. The van der Waals surface area contributed by atoms with Crippen LogP contribution in [0.15, 0.2) is 106 Å². The summed E-state index contributed by atoms with van der Waals surface area (Å²) in [6, 6.07) is 29.6. The first-order valence-corrected chi connectivity index (χ1v) is 9.79. The molecule has 0 fully saturated rings. The SMILES string of the molecule is c1ccc2c(c1)C1=c3c(ccc4ccccc34)=C3N=NN=NN3N1c1ccccc1-2. The maximum atomic E-state index is 4.37. The molecule has 0 aliphatic carbocycles. The Morgan fingerprint density at radius 2 is 1.40 bits per heavy atom. The van der Waals surface area contributed by atoms with E-state index in [-0.39, 0.29) is 0 Å². The van der Waals surface area contributed by atoms with Crippen LogP contribution in [0.3, 0.4) is 0 Å². The molecule has 0 unspecified atom stereocenters. The molecule has 0 bridgehead atoms. The summed E-state index contributed by atoms with van der Waals surface area (Å²) < 4.78 is 0. The number of rotatable bonds is 0. The van der Waals surface area contributed by atoms with E-state index in [9.17, 15) is 0 Å². The van der Waals surface area contributed by atoms with Gasteiger partial charge in [-0.2, -0.15) is 0 Å². The van der Waals surface area contributed by atoms with Gasteiger partial charge in [0.15, 0.2) is 0 Å². The summed E-state index contributed by atoms with van der Waals surface area (Å²) in [6.07, 6.45) is 0. The molecular weight excluding hydrogens is 372 g/mol. The number of hydrazine groups is 1. The Kier molecular flexibility index (Phi) is 2.91. The second-order valence-electron chi connectivity index (χ2n) is 7.41. The summed E-state index contributed by atoms with van der Waals surface area (Å²) in [5, 5.41) is 24.8. The predicted octanol–water partition coefficient (Wildman–Crippen LogP) is 4.53. The van der Waals surface area contributed by atoms with Gasteiger partial charge in [-0.25, -0.2) is 5.01 Å². The van der Waals surface area contributed by atoms with Crippen LogP contribution in [0.2, 0.25) is 0 Å². The standard InChI is InChI=1S/C24H14N6/c1-2-8-16-15(7-1)13-14-20-22(16)23-19-11-4-3-9-17(19)18-10-5-6-12-21(18)29(23)30-24(20)25-26-27-28-30/h1-14H. The molecule has 0 N–H and O–H groups in total. The van der Waals surface area contributed by atoms with Crippen LogP contribution < -0.4 is 15.4 Å². The van der Waals surface area contributed by atoms with E-state index < -0.39 is 0 Å². The Balaban J connectivity index is 1.79. The topological polar surface area (TPSA) is 55.9 Å². The lowest BCUT2D eigenvalue weighted by molar-refractivity contribution is 0.363. The lowest BCUT2D eigenvalue weighted by Gasteiger charge is -2.41. The fourth-order valence-electron chi connectivity index (χ4n) is 4.69. The van der Waals surface area contributed by atoms with Crippen LogP contribution in [0.25, 0.3) is 33.4 Å². The van der Waals surface area contributed by atoms with Crippen LogP contribution in [0.1, 0.15) is 5.56 Å². The number of benzene rings is 4. The number of nitrogens with zero attached hydrogens (tertiary/aromatic N) is 6. The average Bonchev–Trinajstić information content (AvgIpc) is 2.83. The summed E-state index contributed by atoms with van der Waals surface area (Å²) in [5.74, 6) is 0.670. The maximum absolute atomic E-state index is 4.37. The van der Waals surface area contributed by atoms with Crippen LogP contribution in [0.5, 0.6) is 0 Å². The van der Waals surface area contributed by atoms with Gasteiger partial charge in [-0.05, 0) is 44.1 Å². The number of hydrogen-bond donors (Lipinski definition) is 0. The van der Waals surface area contributed by atoms with E-state index in [1.165, 1.54) is 16.3 Å². The monoisotopic (exact) mass is 386 g/mol. The first-order chi connectivity index (χ1) is 14.9. The zero-order chi connectivity index (χ0) is 19.7. The van der Waals surface area contributed by atoms with Crippen LogP contribution >= 0.6 is 0 Å². The Hall–Kier alpha value is -4.32. The molecule has 0 aromatic heterocycles. The molecule has 0 radical (unpaired) electrons. The zero-order valence-electron chi connectivity index (χ0n) is 15.8. The van der Waals surface area contributed by atoms with Gasteiger partial charge in [-0.1, -0.05) is 72.8 Å². The molecule has 4 aromatic rings. The van der Waals surface area contributed by atoms with E-state index in [0.29, 0.717) is 5.82 Å². The molecule has 0 spiro atoms. The zero-order valence-corrected chi connectivity index (χ0v) is 15.8. The van der Waals surface area contributed by atoms with E-state index in [1.54, 1.807) is 5.12 Å². The Bertz CT molecular complexity index is 1570. The average molecular weight is 386 g/mol. The molecule has 140 valence electrons. The first kappa shape index (κ1) is 15.6. The number of hydrogen-bond acceptors (Lipinski definition) is 6. The third-order valence-corrected chi connectivity index (χ3v) is 5.91. The Morgan fingerprint density at radius 1 is 0.633 bits per heavy atom. The smallest absolute Gasteiger partial charge is 0.206 e. The van der Waals surface area contributed by atoms with Gasteiger partial charge in [0.25, 0.3) is 0 Å². The number of anilines is 1. The fourth-order valence-corrected chi connectivity index (χ4v) is 4.69. The van der Waals surface area contributed by atoms with Gasteiger partial charge < -0.3 is 0 Å². The van der Waals surface area contributed by atoms with Gasteiger partial charge >= 0.3 is 0 Å². The number of fused-ring (bicyclic) bond motifs is 11. The van der Waals surface area contributed by atoms with Crippen molar-refractivity contribution in [3.8, 4) is 11.1 Å². The van der Waals surface area contributed by atoms with Gasteiger partial charge in [-0.15, -0.1) is 10.2 Å². The van der Waals surface area contributed by atoms with Gasteiger partial charge in [0.1, 0.15) is 0 Å². The van der Waals surface area contributed by atoms with E-state index in [1.807, 2.05) is 6.07 Å². The normalized spacial score (nSPS) is 15.5. The van der Waals surface area contributed by atoms with Crippen molar-refractivity contribution in [3.05, 3.63) is 101 Å². The van der Waals surface area contributed by atoms with Gasteiger partial charge in [0, 0.05) is 21.6 Å². The fraction of sp³-hybridized carbons (Fsp3) is 0. The van der Waals surface area contributed by atoms with E-state index in [2.05, 4.69) is 105 Å². The maximum Gasteiger partial charge on any atom is 0.206 e. The van der Waals surface area contributed by atoms with Gasteiger partial charge in [0.05, 0.1) is 11.4 Å². The molecule has 0 atom stereocenters. The van der Waals surface area contributed by atoms with Crippen molar-refractivity contribution in [1.82, 2.24) is 5.12 Å². The highest BCUT2D eigenvalue weighted by molar-refractivity contribution is 6.01. The molecule has 0 amide bonds. The molecule has 6 nitrogen and oxygen atoms in total. The second kappa shape index (κ2) is 5.61. The van der Waals surface area contributed by atoms with Crippen LogP contribution in [0.4, 0.5) is 5.69 Å². The van der Waals surface area contributed by atoms with Crippen molar-refractivity contribution in [1.29, 1.82) is 0 Å². The minimum atomic E-state index is 0.670. The largest absolute Gasteiger partial charge is 0.228 e. The van der Waals surface area contributed by atoms with E-state index in [4.69, 9.17) is 0 Å². The van der Waals surface area contributed by atoms with Crippen molar-refractivity contribution >= 4 is 28.0 Å². The van der Waals surface area contributed by atoms with Crippen molar-refractivity contribution in [2.45, 2.75) is 0 Å². The number of para-hydroxylation sites is 1. The summed E-state index contributed by atoms with van der Waals surface area (Å²) in [5.41, 5.74) is 5.63. The van der Waals surface area contributed by atoms with Crippen molar-refractivity contribution in [3.63, 3.8) is 0 Å². The van der Waals surface area contributed by atoms with Crippen molar-refractivity contribution in [2.75, 3.05) is 5.01 Å². The minimum absolute atomic E-state index is 0.670. The van der Waals surface area contributed by atoms with Gasteiger partial charge in [-0.3, -0.25) is 0 Å². The van der Waals surface area contributed by atoms with Crippen LogP contribution in [-0.2, 0) is 0 Å². The Labute approximate surface area is 171 Å². The molecule has 0 saturated heterocycles. The highest BCUT2D eigenvalue weighted by Gasteiger charge is 2.36. The molecule has 4 aromatic carbocycles. The highest BCUT2D eigenvalue weighted by atomic mass is 15.9. The van der Waals surface area contributed by atoms with Gasteiger partial charge in [0.2, 0.25) is 5.82 Å². The first-order valence-electron chi connectivity index (χ1n) is 9.79. The predicted molar refractivity (Wildman–Crippen MR) is 115 cm³/mol. The van der Waals surface area contributed by atoms with E-state index >= 15 is 0 Å². The van der Waals surface area contributed by atoms with Crippen molar-refractivity contribution in [2.24, 2.45) is 20.8 Å². The summed E-state index contributed by atoms with van der Waals surface area (Å²) in [7, 11) is 0. The molecule has 6 heteroatoms. The van der Waals surface area contributed by atoms with Crippen molar-refractivity contribution < 1.29 is 0 Å². The molecule has 3 aliphatic heterocycles. The third-order valence-electron chi connectivity index (χ3n) is 5.91. The Morgan fingerprint density at radius 3 is 2.33 bits per heavy atom. The molecule has 0 saturated carbocycles. The molecule has 3 heterocycles. The summed E-state index contributed by atoms with van der Waals surface area (Å²) in [6.45, 7) is 0. The van der Waals surface area contributed by atoms with Crippen LogP contribution in [0, 0.1) is 0 Å². The third kappa shape index (κ3) is 1.87. The summed E-state index contributed by atoms with van der Waals surface area (Å²) >= 11 is 0. The second-order valence-corrected chi connectivity index (χ2v) is 7.41. The quantitative estimate of drug-likeness (QED) is 0.446. The molecule has 7 rings (SSSR count). The molecule has 3 aliphatic rings. The molecule has 30 heavy (non-hydrogen) atoms. The lowest BCUT2D eigenvalue weighted by Crippen LogP contribution is -2.51. The molecular formula is C24H14N6. The highest BCUT2D eigenvalue weighted by Crippen LogP contribution is 2.45. The van der Waals surface area contributed by atoms with E-state index in [0.717, 1.165) is 32.9 Å². The van der Waals surface area contributed by atoms with Crippen LogP contribution in [-0.4, -0.2) is 5.12 Å². The summed E-state index contributed by atoms with van der Waals surface area (Å²) in [4.78, 5) is 0. The minimum Gasteiger partial charge on any atom is -0.228 e.